The molecule has 0 radical (unpaired) electrons. The standard InChI is InChI=1S/C23H21N5O3/c1-15-5-3-7-20(16(15)2)27-23(30)31-14-17-8-9-21(25-11-17)28-22(29)19(13-26-28)18-6-4-10-24-12-18/h3-13,26H,14H2,1-2H3,(H,27,30). The van der Waals surface area contributed by atoms with E-state index in [0.29, 0.717) is 22.6 Å². The number of anilines is 1. The van der Waals surface area contributed by atoms with E-state index in [1.807, 2.05) is 38.1 Å². The van der Waals surface area contributed by atoms with Crippen molar-refractivity contribution in [1.29, 1.82) is 0 Å². The van der Waals surface area contributed by atoms with E-state index in [2.05, 4.69) is 20.4 Å². The van der Waals surface area contributed by atoms with Crippen molar-refractivity contribution in [2.24, 2.45) is 0 Å². The summed E-state index contributed by atoms with van der Waals surface area (Å²) in [4.78, 5) is 33.1. The lowest BCUT2D eigenvalue weighted by Gasteiger charge is -2.11. The molecule has 4 aromatic rings. The lowest BCUT2D eigenvalue weighted by Crippen LogP contribution is -2.17. The number of rotatable bonds is 5. The third kappa shape index (κ3) is 4.37. The van der Waals surface area contributed by atoms with Crippen LogP contribution in [0.25, 0.3) is 16.9 Å². The fourth-order valence-corrected chi connectivity index (χ4v) is 3.08. The molecule has 4 rings (SSSR count). The molecule has 3 aromatic heterocycles. The Kier molecular flexibility index (Phi) is 5.61. The molecular weight excluding hydrogens is 394 g/mol. The summed E-state index contributed by atoms with van der Waals surface area (Å²) < 4.78 is 6.63. The van der Waals surface area contributed by atoms with Crippen LogP contribution in [0, 0.1) is 13.8 Å². The number of nitrogens with zero attached hydrogens (tertiary/aromatic N) is 3. The second-order valence-electron chi connectivity index (χ2n) is 7.04. The molecule has 0 unspecified atom stereocenters. The number of aryl methyl sites for hydroxylation is 1. The molecule has 1 amide bonds. The number of benzene rings is 1. The first kappa shape index (κ1) is 20.1. The first-order chi connectivity index (χ1) is 15.0. The van der Waals surface area contributed by atoms with Gasteiger partial charge in [-0.1, -0.05) is 24.3 Å². The number of aromatic amines is 1. The van der Waals surface area contributed by atoms with Gasteiger partial charge in [0.1, 0.15) is 6.61 Å². The molecule has 0 bridgehead atoms. The van der Waals surface area contributed by atoms with Crippen LogP contribution < -0.4 is 10.9 Å². The van der Waals surface area contributed by atoms with Crippen LogP contribution in [0.5, 0.6) is 0 Å². The summed E-state index contributed by atoms with van der Waals surface area (Å²) in [6, 6.07) is 12.7. The summed E-state index contributed by atoms with van der Waals surface area (Å²) in [5.74, 6) is 0.434. The Morgan fingerprint density at radius 2 is 2.00 bits per heavy atom. The second kappa shape index (κ2) is 8.66. The van der Waals surface area contributed by atoms with Crippen molar-refractivity contribution in [3.63, 3.8) is 0 Å². The molecule has 0 aliphatic carbocycles. The third-order valence-electron chi connectivity index (χ3n) is 4.99. The molecule has 31 heavy (non-hydrogen) atoms. The van der Waals surface area contributed by atoms with Crippen molar-refractivity contribution in [3.05, 3.63) is 94.3 Å². The monoisotopic (exact) mass is 415 g/mol. The van der Waals surface area contributed by atoms with Crippen LogP contribution in [0.4, 0.5) is 10.5 Å². The smallest absolute Gasteiger partial charge is 0.411 e. The lowest BCUT2D eigenvalue weighted by molar-refractivity contribution is 0.155. The first-order valence-corrected chi connectivity index (χ1v) is 9.69. The summed E-state index contributed by atoms with van der Waals surface area (Å²) in [6.45, 7) is 3.98. The van der Waals surface area contributed by atoms with Gasteiger partial charge in [-0.05, 0) is 43.2 Å². The maximum absolute atomic E-state index is 12.7. The number of carbonyl (C=O) groups is 1. The van der Waals surface area contributed by atoms with Gasteiger partial charge in [-0.25, -0.2) is 14.5 Å². The summed E-state index contributed by atoms with van der Waals surface area (Å²) in [5.41, 5.74) is 4.50. The highest BCUT2D eigenvalue weighted by Gasteiger charge is 2.11. The van der Waals surface area contributed by atoms with E-state index in [0.717, 1.165) is 16.7 Å². The minimum Gasteiger partial charge on any atom is -0.444 e. The molecule has 2 N–H and O–H groups in total. The van der Waals surface area contributed by atoms with E-state index in [-0.39, 0.29) is 12.2 Å². The topological polar surface area (TPSA) is 102 Å². The second-order valence-corrected chi connectivity index (χ2v) is 7.04. The SMILES string of the molecule is Cc1cccc(NC(=O)OCc2ccc(-n3[nH]cc(-c4cccnc4)c3=O)nc2)c1C. The zero-order chi connectivity index (χ0) is 21.8. The summed E-state index contributed by atoms with van der Waals surface area (Å²) in [5, 5.41) is 5.66. The fraction of sp³-hybridized carbons (Fsp3) is 0.130. The number of nitrogens with one attached hydrogen (secondary N) is 2. The van der Waals surface area contributed by atoms with Gasteiger partial charge in [0.05, 0.1) is 5.56 Å². The van der Waals surface area contributed by atoms with Crippen LogP contribution in [-0.2, 0) is 11.3 Å². The predicted octanol–water partition coefficient (Wildman–Crippen LogP) is 3.99. The zero-order valence-electron chi connectivity index (χ0n) is 17.1. The van der Waals surface area contributed by atoms with Crippen molar-refractivity contribution in [3.8, 4) is 16.9 Å². The summed E-state index contributed by atoms with van der Waals surface area (Å²) >= 11 is 0. The molecule has 156 valence electrons. The van der Waals surface area contributed by atoms with E-state index in [9.17, 15) is 9.59 Å². The molecule has 0 saturated carbocycles. The van der Waals surface area contributed by atoms with Crippen molar-refractivity contribution < 1.29 is 9.53 Å². The Morgan fingerprint density at radius 3 is 2.74 bits per heavy atom. The number of carbonyl (C=O) groups excluding carboxylic acids is 1. The van der Waals surface area contributed by atoms with Gasteiger partial charge in [-0.2, -0.15) is 0 Å². The van der Waals surface area contributed by atoms with Crippen molar-refractivity contribution in [1.82, 2.24) is 19.7 Å². The fourth-order valence-electron chi connectivity index (χ4n) is 3.08. The normalized spacial score (nSPS) is 10.6. The first-order valence-electron chi connectivity index (χ1n) is 9.69. The van der Waals surface area contributed by atoms with Crippen LogP contribution in [0.3, 0.4) is 0 Å². The Bertz CT molecular complexity index is 1260. The highest BCUT2D eigenvalue weighted by Crippen LogP contribution is 2.18. The Balaban J connectivity index is 1.41. The molecule has 8 nitrogen and oxygen atoms in total. The van der Waals surface area contributed by atoms with E-state index >= 15 is 0 Å². The maximum atomic E-state index is 12.7. The predicted molar refractivity (Wildman–Crippen MR) is 117 cm³/mol. The van der Waals surface area contributed by atoms with Crippen molar-refractivity contribution >= 4 is 11.8 Å². The van der Waals surface area contributed by atoms with Crippen LogP contribution in [-0.4, -0.2) is 25.8 Å². The average molecular weight is 415 g/mol. The molecule has 0 saturated heterocycles. The Hall–Kier alpha value is -4.20. The molecular formula is C23H21N5O3. The number of aromatic nitrogens is 4. The molecule has 3 heterocycles. The Morgan fingerprint density at radius 1 is 1.13 bits per heavy atom. The number of ether oxygens (including phenoxy) is 1. The summed E-state index contributed by atoms with van der Waals surface area (Å²) in [7, 11) is 0. The molecule has 8 heteroatoms. The van der Waals surface area contributed by atoms with Crippen LogP contribution >= 0.6 is 0 Å². The molecule has 0 spiro atoms. The molecule has 0 aliphatic rings. The van der Waals surface area contributed by atoms with Crippen molar-refractivity contribution in [2.45, 2.75) is 20.5 Å². The summed E-state index contributed by atoms with van der Waals surface area (Å²) in [6.07, 6.45) is 5.93. The minimum atomic E-state index is -0.542. The van der Waals surface area contributed by atoms with E-state index in [1.165, 1.54) is 4.68 Å². The maximum Gasteiger partial charge on any atom is 0.411 e. The molecule has 0 fully saturated rings. The van der Waals surface area contributed by atoms with Gasteiger partial charge in [-0.15, -0.1) is 0 Å². The molecule has 0 aliphatic heterocycles. The van der Waals surface area contributed by atoms with Crippen LogP contribution in [0.15, 0.2) is 72.0 Å². The minimum absolute atomic E-state index is 0.0601. The van der Waals surface area contributed by atoms with Gasteiger partial charge in [-0.3, -0.25) is 20.2 Å². The average Bonchev–Trinajstić information content (AvgIpc) is 3.18. The van der Waals surface area contributed by atoms with Gasteiger partial charge in [0.25, 0.3) is 5.56 Å². The molecule has 1 aromatic carbocycles. The van der Waals surface area contributed by atoms with Gasteiger partial charge in [0.15, 0.2) is 5.82 Å². The molecule has 0 atom stereocenters. The van der Waals surface area contributed by atoms with E-state index < -0.39 is 6.09 Å². The van der Waals surface area contributed by atoms with E-state index in [1.54, 1.807) is 43.0 Å². The lowest BCUT2D eigenvalue weighted by atomic mass is 10.1. The largest absolute Gasteiger partial charge is 0.444 e. The highest BCUT2D eigenvalue weighted by atomic mass is 16.5. The van der Waals surface area contributed by atoms with Gasteiger partial charge >= 0.3 is 6.09 Å². The van der Waals surface area contributed by atoms with Gasteiger partial charge < -0.3 is 4.74 Å². The number of H-pyrrole nitrogens is 1. The number of pyridine rings is 2. The number of amides is 1. The van der Waals surface area contributed by atoms with Gasteiger partial charge in [0.2, 0.25) is 0 Å². The quantitative estimate of drug-likeness (QED) is 0.513. The number of hydrogen-bond acceptors (Lipinski definition) is 5. The highest BCUT2D eigenvalue weighted by molar-refractivity contribution is 5.85. The third-order valence-corrected chi connectivity index (χ3v) is 4.99. The van der Waals surface area contributed by atoms with Gasteiger partial charge in [0, 0.05) is 41.6 Å². The van der Waals surface area contributed by atoms with Crippen LogP contribution in [0.1, 0.15) is 16.7 Å². The van der Waals surface area contributed by atoms with Crippen LogP contribution in [0.2, 0.25) is 0 Å². The van der Waals surface area contributed by atoms with Crippen molar-refractivity contribution in [2.75, 3.05) is 5.32 Å². The Labute approximate surface area is 178 Å². The number of hydrogen-bond donors (Lipinski definition) is 2. The zero-order valence-corrected chi connectivity index (χ0v) is 17.1. The van der Waals surface area contributed by atoms with E-state index in [4.69, 9.17) is 4.74 Å².